The molecule has 0 spiro atoms. The van der Waals surface area contributed by atoms with Crippen LogP contribution in [-0.2, 0) is 11.2 Å². The molecule has 5 heteroatoms. The minimum absolute atomic E-state index is 0.0131. The Morgan fingerprint density at radius 3 is 2.70 bits per heavy atom. The molecule has 2 amide bonds. The number of carbonyl (C=O) groups is 2. The van der Waals surface area contributed by atoms with Gasteiger partial charge in [0.25, 0.3) is 5.91 Å². The van der Waals surface area contributed by atoms with E-state index < -0.39 is 11.5 Å². The minimum atomic E-state index is -0.485. The van der Waals surface area contributed by atoms with Crippen LogP contribution in [0.2, 0.25) is 0 Å². The van der Waals surface area contributed by atoms with Crippen molar-refractivity contribution in [2.45, 2.75) is 46.6 Å². The fourth-order valence-corrected chi connectivity index (χ4v) is 2.94. The summed E-state index contributed by atoms with van der Waals surface area (Å²) in [6, 6.07) is 5.32. The van der Waals surface area contributed by atoms with Gasteiger partial charge in [-0.05, 0) is 36.1 Å². The molecule has 1 aliphatic rings. The van der Waals surface area contributed by atoms with Gasteiger partial charge in [-0.2, -0.15) is 0 Å². The van der Waals surface area contributed by atoms with Crippen LogP contribution in [0, 0.1) is 11.3 Å². The molecule has 1 aromatic rings. The van der Waals surface area contributed by atoms with Crippen molar-refractivity contribution in [1.82, 2.24) is 5.32 Å². The first-order valence-electron chi connectivity index (χ1n) is 8.10. The number of fused-ring (bicyclic) bond motifs is 1. The number of anilines is 1. The van der Waals surface area contributed by atoms with Gasteiger partial charge in [-0.1, -0.05) is 27.7 Å². The fraction of sp³-hybridized carbons (Fsp3) is 0.556. The Hall–Kier alpha value is -1.88. The summed E-state index contributed by atoms with van der Waals surface area (Å²) in [6.45, 7) is 8.22. The number of amides is 2. The molecule has 1 atom stereocenters. The van der Waals surface area contributed by atoms with Crippen molar-refractivity contribution in [3.63, 3.8) is 0 Å². The lowest BCUT2D eigenvalue weighted by atomic mass is 9.80. The Morgan fingerprint density at radius 2 is 2.04 bits per heavy atom. The quantitative estimate of drug-likeness (QED) is 0.780. The third-order valence-electron chi connectivity index (χ3n) is 4.40. The van der Waals surface area contributed by atoms with Crippen LogP contribution in [-0.4, -0.2) is 29.6 Å². The van der Waals surface area contributed by atoms with Gasteiger partial charge in [0.15, 0.2) is 0 Å². The van der Waals surface area contributed by atoms with Crippen molar-refractivity contribution < 1.29 is 14.7 Å². The van der Waals surface area contributed by atoms with Crippen LogP contribution < -0.4 is 10.6 Å². The molecule has 1 aliphatic heterocycles. The molecule has 23 heavy (non-hydrogen) atoms. The van der Waals surface area contributed by atoms with Crippen LogP contribution in [0.25, 0.3) is 0 Å². The summed E-state index contributed by atoms with van der Waals surface area (Å²) >= 11 is 0. The van der Waals surface area contributed by atoms with Crippen LogP contribution in [0.1, 0.15) is 50.0 Å². The van der Waals surface area contributed by atoms with E-state index in [0.717, 1.165) is 11.3 Å². The van der Waals surface area contributed by atoms with Crippen LogP contribution in [0.4, 0.5) is 5.69 Å². The molecule has 0 aliphatic carbocycles. The summed E-state index contributed by atoms with van der Waals surface area (Å²) < 4.78 is 0. The first kappa shape index (κ1) is 17.5. The summed E-state index contributed by atoms with van der Waals surface area (Å²) in [5.41, 5.74) is 1.95. The van der Waals surface area contributed by atoms with Crippen molar-refractivity contribution in [2.75, 3.05) is 11.9 Å². The molecule has 1 unspecified atom stereocenters. The van der Waals surface area contributed by atoms with E-state index in [0.29, 0.717) is 24.9 Å². The average molecular weight is 318 g/mol. The predicted octanol–water partition coefficient (Wildman–Crippen LogP) is 2.34. The number of rotatable bonds is 5. The van der Waals surface area contributed by atoms with E-state index in [2.05, 4.69) is 10.6 Å². The molecule has 5 nitrogen and oxygen atoms in total. The third-order valence-corrected chi connectivity index (χ3v) is 4.40. The van der Waals surface area contributed by atoms with Gasteiger partial charge in [0.2, 0.25) is 5.91 Å². The van der Waals surface area contributed by atoms with Gasteiger partial charge >= 0.3 is 0 Å². The van der Waals surface area contributed by atoms with Gasteiger partial charge in [-0.25, -0.2) is 0 Å². The molecule has 3 N–H and O–H groups in total. The topological polar surface area (TPSA) is 78.4 Å². The van der Waals surface area contributed by atoms with Crippen molar-refractivity contribution in [3.8, 4) is 0 Å². The van der Waals surface area contributed by atoms with E-state index in [1.54, 1.807) is 12.1 Å². The standard InChI is InChI=1S/C18H26N2O3/c1-11(2)16(22)18(3,4)10-19-17(23)13-5-7-14-12(9-13)6-8-15(21)20-14/h5,7,9,11,16,22H,6,8,10H2,1-4H3,(H,19,23)(H,20,21). The zero-order chi connectivity index (χ0) is 17.2. The highest BCUT2D eigenvalue weighted by atomic mass is 16.3. The van der Waals surface area contributed by atoms with E-state index in [9.17, 15) is 14.7 Å². The molecule has 0 saturated carbocycles. The van der Waals surface area contributed by atoms with Crippen molar-refractivity contribution >= 4 is 17.5 Å². The molecular weight excluding hydrogens is 292 g/mol. The fourth-order valence-electron chi connectivity index (χ4n) is 2.94. The molecule has 1 aromatic carbocycles. The van der Waals surface area contributed by atoms with Crippen LogP contribution >= 0.6 is 0 Å². The zero-order valence-corrected chi connectivity index (χ0v) is 14.3. The Kier molecular flexibility index (Phi) is 5.09. The summed E-state index contributed by atoms with van der Waals surface area (Å²) in [7, 11) is 0. The van der Waals surface area contributed by atoms with Gasteiger partial charge in [0, 0.05) is 29.6 Å². The van der Waals surface area contributed by atoms with E-state index in [1.807, 2.05) is 33.8 Å². The highest BCUT2D eigenvalue weighted by molar-refractivity contribution is 5.97. The van der Waals surface area contributed by atoms with E-state index in [4.69, 9.17) is 0 Å². The Balaban J connectivity index is 2.03. The Bertz CT molecular complexity index is 608. The van der Waals surface area contributed by atoms with Crippen LogP contribution in [0.15, 0.2) is 18.2 Å². The number of hydrogen-bond acceptors (Lipinski definition) is 3. The lowest BCUT2D eigenvalue weighted by Gasteiger charge is -2.33. The van der Waals surface area contributed by atoms with Crippen molar-refractivity contribution in [2.24, 2.45) is 11.3 Å². The predicted molar refractivity (Wildman–Crippen MR) is 90.4 cm³/mol. The molecule has 0 radical (unpaired) electrons. The maximum atomic E-state index is 12.4. The monoisotopic (exact) mass is 318 g/mol. The van der Waals surface area contributed by atoms with Gasteiger partial charge in [0.1, 0.15) is 0 Å². The average Bonchev–Trinajstić information content (AvgIpc) is 2.51. The van der Waals surface area contributed by atoms with Crippen LogP contribution in [0.3, 0.4) is 0 Å². The lowest BCUT2D eigenvalue weighted by molar-refractivity contribution is -0.116. The summed E-state index contributed by atoms with van der Waals surface area (Å²) in [4.78, 5) is 23.7. The maximum Gasteiger partial charge on any atom is 0.251 e. The SMILES string of the molecule is CC(C)C(O)C(C)(C)CNC(=O)c1ccc2c(c1)CCC(=O)N2. The molecule has 0 bridgehead atoms. The Morgan fingerprint density at radius 1 is 1.35 bits per heavy atom. The number of benzene rings is 1. The first-order valence-corrected chi connectivity index (χ1v) is 8.10. The van der Waals surface area contributed by atoms with Crippen molar-refractivity contribution in [1.29, 1.82) is 0 Å². The molecule has 126 valence electrons. The molecule has 1 heterocycles. The molecule has 0 aromatic heterocycles. The summed E-state index contributed by atoms with van der Waals surface area (Å²) in [5, 5.41) is 15.9. The smallest absolute Gasteiger partial charge is 0.251 e. The van der Waals surface area contributed by atoms with E-state index in [1.165, 1.54) is 0 Å². The maximum absolute atomic E-state index is 12.4. The lowest BCUT2D eigenvalue weighted by Crippen LogP contribution is -2.43. The highest BCUT2D eigenvalue weighted by Crippen LogP contribution is 2.26. The number of aliphatic hydroxyl groups excluding tert-OH is 1. The minimum Gasteiger partial charge on any atom is -0.392 e. The second-order valence-corrected chi connectivity index (χ2v) is 7.28. The van der Waals surface area contributed by atoms with Crippen LogP contribution in [0.5, 0.6) is 0 Å². The molecule has 0 fully saturated rings. The van der Waals surface area contributed by atoms with Crippen molar-refractivity contribution in [3.05, 3.63) is 29.3 Å². The first-order chi connectivity index (χ1) is 10.7. The largest absolute Gasteiger partial charge is 0.392 e. The zero-order valence-electron chi connectivity index (χ0n) is 14.3. The second kappa shape index (κ2) is 6.71. The van der Waals surface area contributed by atoms with Gasteiger partial charge in [-0.3, -0.25) is 9.59 Å². The molecular formula is C18H26N2O3. The van der Waals surface area contributed by atoms with E-state index in [-0.39, 0.29) is 17.7 Å². The summed E-state index contributed by atoms with van der Waals surface area (Å²) in [6.07, 6.45) is 0.618. The number of hydrogen-bond donors (Lipinski definition) is 3. The van der Waals surface area contributed by atoms with Gasteiger partial charge in [0.05, 0.1) is 6.10 Å². The highest BCUT2D eigenvalue weighted by Gasteiger charge is 2.30. The second-order valence-electron chi connectivity index (χ2n) is 7.28. The van der Waals surface area contributed by atoms with Gasteiger partial charge < -0.3 is 15.7 Å². The Labute approximate surface area is 137 Å². The number of aliphatic hydroxyl groups is 1. The number of aryl methyl sites for hydroxylation is 1. The normalized spacial score (nSPS) is 15.8. The third kappa shape index (κ3) is 4.10. The number of carbonyl (C=O) groups excluding carboxylic acids is 2. The summed E-state index contributed by atoms with van der Waals surface area (Å²) in [5.74, 6) is -0.0119. The van der Waals surface area contributed by atoms with E-state index >= 15 is 0 Å². The molecule has 0 saturated heterocycles. The molecule has 2 rings (SSSR count). The van der Waals surface area contributed by atoms with Gasteiger partial charge in [-0.15, -0.1) is 0 Å². The number of nitrogens with one attached hydrogen (secondary N) is 2.